The maximum Gasteiger partial charge on any atom is 0.226 e. The molecule has 3 nitrogen and oxygen atoms in total. The number of nitrogen functional groups attached to an aromatic ring is 1. The fourth-order valence-electron chi connectivity index (χ4n) is 1.78. The van der Waals surface area contributed by atoms with E-state index >= 15 is 0 Å². The van der Waals surface area contributed by atoms with Crippen molar-refractivity contribution in [2.75, 3.05) is 5.73 Å². The molecule has 0 fully saturated rings. The van der Waals surface area contributed by atoms with Gasteiger partial charge in [-0.1, -0.05) is 28.1 Å². The largest absolute Gasteiger partial charge is 0.436 e. The number of hydrogen-bond acceptors (Lipinski definition) is 3. The third-order valence-electron chi connectivity index (χ3n) is 2.79. The van der Waals surface area contributed by atoms with Crippen LogP contribution in [0.2, 0.25) is 0 Å². The van der Waals surface area contributed by atoms with Crippen LogP contribution in [0.25, 0.3) is 22.8 Å². The van der Waals surface area contributed by atoms with Crippen molar-refractivity contribution in [1.82, 2.24) is 4.98 Å². The van der Waals surface area contributed by atoms with Gasteiger partial charge >= 0.3 is 0 Å². The highest BCUT2D eigenvalue weighted by atomic mass is 79.9. The lowest BCUT2D eigenvalue weighted by Gasteiger charge is -1.98. The Hall–Kier alpha value is -2.07. The predicted octanol–water partition coefficient (Wildman–Crippen LogP) is 4.35. The maximum absolute atomic E-state index is 5.77. The van der Waals surface area contributed by atoms with E-state index in [0.29, 0.717) is 5.89 Å². The van der Waals surface area contributed by atoms with E-state index in [2.05, 4.69) is 20.9 Å². The molecule has 3 aromatic rings. The monoisotopic (exact) mass is 314 g/mol. The van der Waals surface area contributed by atoms with Gasteiger partial charge in [0, 0.05) is 21.3 Å². The summed E-state index contributed by atoms with van der Waals surface area (Å²) in [7, 11) is 0. The molecule has 0 saturated heterocycles. The van der Waals surface area contributed by atoms with Gasteiger partial charge in [0.1, 0.15) is 0 Å². The Bertz CT molecular complexity index is 627. The van der Waals surface area contributed by atoms with E-state index in [9.17, 15) is 0 Å². The van der Waals surface area contributed by atoms with Crippen LogP contribution in [0.1, 0.15) is 0 Å². The standard InChI is InChI=1S/C15H11BrN2O/c16-12-5-1-10(2-6-12)14-9-18-15(19-14)11-3-7-13(17)8-4-11/h1-9H,17H2. The maximum atomic E-state index is 5.77. The Kier molecular flexibility index (Phi) is 3.09. The first-order valence-electron chi connectivity index (χ1n) is 5.80. The number of hydrogen-bond donors (Lipinski definition) is 1. The minimum atomic E-state index is 0.595. The van der Waals surface area contributed by atoms with Gasteiger partial charge in [0.15, 0.2) is 5.76 Å². The van der Waals surface area contributed by atoms with Gasteiger partial charge in [-0.25, -0.2) is 4.98 Å². The number of nitrogens with two attached hydrogens (primary N) is 1. The molecule has 1 aromatic heterocycles. The van der Waals surface area contributed by atoms with Gasteiger partial charge in [0.25, 0.3) is 0 Å². The predicted molar refractivity (Wildman–Crippen MR) is 79.5 cm³/mol. The fraction of sp³-hybridized carbons (Fsp3) is 0. The second-order valence-electron chi connectivity index (χ2n) is 4.16. The third-order valence-corrected chi connectivity index (χ3v) is 3.32. The normalized spacial score (nSPS) is 10.6. The van der Waals surface area contributed by atoms with Crippen molar-refractivity contribution in [3.05, 3.63) is 59.2 Å². The number of halogens is 1. The number of nitrogens with zero attached hydrogens (tertiary/aromatic N) is 1. The molecule has 0 saturated carbocycles. The van der Waals surface area contributed by atoms with Gasteiger partial charge in [-0.15, -0.1) is 0 Å². The van der Waals surface area contributed by atoms with Crippen LogP contribution in [0.15, 0.2) is 63.6 Å². The van der Waals surface area contributed by atoms with Crippen molar-refractivity contribution in [3.63, 3.8) is 0 Å². The Labute approximate surface area is 119 Å². The van der Waals surface area contributed by atoms with Gasteiger partial charge in [-0.3, -0.25) is 0 Å². The van der Waals surface area contributed by atoms with E-state index in [-0.39, 0.29) is 0 Å². The lowest BCUT2D eigenvalue weighted by atomic mass is 10.2. The zero-order valence-corrected chi connectivity index (χ0v) is 11.6. The van der Waals surface area contributed by atoms with Gasteiger partial charge in [0.05, 0.1) is 6.20 Å². The Morgan fingerprint density at radius 1 is 0.895 bits per heavy atom. The molecular weight excluding hydrogens is 304 g/mol. The van der Waals surface area contributed by atoms with Crippen LogP contribution in [0.5, 0.6) is 0 Å². The minimum absolute atomic E-state index is 0.595. The van der Waals surface area contributed by atoms with Gasteiger partial charge in [0.2, 0.25) is 5.89 Å². The Morgan fingerprint density at radius 3 is 2.21 bits per heavy atom. The summed E-state index contributed by atoms with van der Waals surface area (Å²) in [6, 6.07) is 15.4. The van der Waals surface area contributed by atoms with Crippen LogP contribution in [-0.4, -0.2) is 4.98 Å². The third kappa shape index (κ3) is 2.53. The molecule has 0 aliphatic carbocycles. The molecule has 0 spiro atoms. The van der Waals surface area contributed by atoms with Crippen LogP contribution >= 0.6 is 15.9 Å². The van der Waals surface area contributed by atoms with Crippen LogP contribution in [0.3, 0.4) is 0 Å². The number of benzene rings is 2. The fourth-order valence-corrected chi connectivity index (χ4v) is 2.05. The zero-order chi connectivity index (χ0) is 13.2. The molecule has 0 aliphatic rings. The summed E-state index contributed by atoms with van der Waals surface area (Å²) in [5.41, 5.74) is 8.30. The summed E-state index contributed by atoms with van der Waals surface area (Å²) >= 11 is 3.41. The van der Waals surface area contributed by atoms with Gasteiger partial charge < -0.3 is 10.2 Å². The molecule has 4 heteroatoms. The van der Waals surface area contributed by atoms with Crippen LogP contribution in [0.4, 0.5) is 5.69 Å². The van der Waals surface area contributed by atoms with Crippen LogP contribution in [0, 0.1) is 0 Å². The van der Waals surface area contributed by atoms with E-state index in [0.717, 1.165) is 27.0 Å². The summed E-state index contributed by atoms with van der Waals surface area (Å²) in [5, 5.41) is 0. The smallest absolute Gasteiger partial charge is 0.226 e. The number of aromatic nitrogens is 1. The first-order valence-corrected chi connectivity index (χ1v) is 6.59. The lowest BCUT2D eigenvalue weighted by Crippen LogP contribution is -1.83. The zero-order valence-electron chi connectivity index (χ0n) is 10.0. The molecule has 0 amide bonds. The first kappa shape index (κ1) is 12.0. The molecule has 19 heavy (non-hydrogen) atoms. The molecule has 94 valence electrons. The second kappa shape index (κ2) is 4.90. The lowest BCUT2D eigenvalue weighted by molar-refractivity contribution is 0.589. The first-order chi connectivity index (χ1) is 9.22. The highest BCUT2D eigenvalue weighted by Crippen LogP contribution is 2.27. The van der Waals surface area contributed by atoms with Crippen molar-refractivity contribution in [2.45, 2.75) is 0 Å². The van der Waals surface area contributed by atoms with E-state index in [1.54, 1.807) is 6.20 Å². The molecule has 2 N–H and O–H groups in total. The molecule has 3 rings (SSSR count). The summed E-state index contributed by atoms with van der Waals surface area (Å²) in [6.45, 7) is 0. The van der Waals surface area contributed by atoms with Gasteiger partial charge in [-0.05, 0) is 36.4 Å². The van der Waals surface area contributed by atoms with Crippen molar-refractivity contribution >= 4 is 21.6 Å². The second-order valence-corrected chi connectivity index (χ2v) is 5.07. The molecule has 0 radical (unpaired) electrons. The van der Waals surface area contributed by atoms with E-state index in [1.165, 1.54) is 0 Å². The molecule has 0 unspecified atom stereocenters. The van der Waals surface area contributed by atoms with Crippen molar-refractivity contribution in [2.24, 2.45) is 0 Å². The van der Waals surface area contributed by atoms with E-state index in [1.807, 2.05) is 48.5 Å². The molecule has 1 heterocycles. The van der Waals surface area contributed by atoms with Gasteiger partial charge in [-0.2, -0.15) is 0 Å². The molecular formula is C15H11BrN2O. The highest BCUT2D eigenvalue weighted by Gasteiger charge is 2.08. The Balaban J connectivity index is 1.95. The number of oxazole rings is 1. The summed E-state index contributed by atoms with van der Waals surface area (Å²) in [6.07, 6.45) is 1.73. The molecule has 0 aliphatic heterocycles. The highest BCUT2D eigenvalue weighted by molar-refractivity contribution is 9.10. The number of rotatable bonds is 2. The molecule has 2 aromatic carbocycles. The minimum Gasteiger partial charge on any atom is -0.436 e. The van der Waals surface area contributed by atoms with Crippen LogP contribution in [-0.2, 0) is 0 Å². The summed E-state index contributed by atoms with van der Waals surface area (Å²) < 4.78 is 6.80. The van der Waals surface area contributed by atoms with E-state index in [4.69, 9.17) is 10.2 Å². The summed E-state index contributed by atoms with van der Waals surface area (Å²) in [5.74, 6) is 1.34. The SMILES string of the molecule is Nc1ccc(-c2ncc(-c3ccc(Br)cc3)o2)cc1. The average Bonchev–Trinajstić information content (AvgIpc) is 2.90. The van der Waals surface area contributed by atoms with Crippen molar-refractivity contribution in [3.8, 4) is 22.8 Å². The van der Waals surface area contributed by atoms with Crippen molar-refractivity contribution < 1.29 is 4.42 Å². The molecule has 0 atom stereocenters. The van der Waals surface area contributed by atoms with E-state index < -0.39 is 0 Å². The van der Waals surface area contributed by atoms with Crippen LogP contribution < -0.4 is 5.73 Å². The Morgan fingerprint density at radius 2 is 1.53 bits per heavy atom. The number of anilines is 1. The topological polar surface area (TPSA) is 52.0 Å². The summed E-state index contributed by atoms with van der Waals surface area (Å²) in [4.78, 5) is 4.30. The average molecular weight is 315 g/mol. The van der Waals surface area contributed by atoms with Crippen molar-refractivity contribution in [1.29, 1.82) is 0 Å². The molecule has 0 bridgehead atoms. The quantitative estimate of drug-likeness (QED) is 0.715.